The van der Waals surface area contributed by atoms with Crippen molar-refractivity contribution < 1.29 is 4.74 Å². The minimum Gasteiger partial charge on any atom is -0.360 e. The lowest BCUT2D eigenvalue weighted by Crippen LogP contribution is -2.61. The summed E-state index contributed by atoms with van der Waals surface area (Å²) in [5, 5.41) is 3.86. The monoisotopic (exact) mass is 236 g/mol. The van der Waals surface area contributed by atoms with Gasteiger partial charge in [0.15, 0.2) is 0 Å². The second-order valence-corrected chi connectivity index (χ2v) is 6.49. The van der Waals surface area contributed by atoms with Crippen LogP contribution in [0.25, 0.3) is 0 Å². The van der Waals surface area contributed by atoms with Crippen LogP contribution in [0.15, 0.2) is 0 Å². The summed E-state index contributed by atoms with van der Waals surface area (Å²) in [6.45, 7) is 3.47. The van der Waals surface area contributed by atoms with Crippen LogP contribution >= 0.6 is 0 Å². The summed E-state index contributed by atoms with van der Waals surface area (Å²) in [7, 11) is 0. The van der Waals surface area contributed by atoms with Gasteiger partial charge in [0.1, 0.15) is 5.72 Å². The van der Waals surface area contributed by atoms with Crippen molar-refractivity contribution in [2.24, 2.45) is 5.92 Å². The summed E-state index contributed by atoms with van der Waals surface area (Å²) in [5.74, 6) is 0.970. The van der Waals surface area contributed by atoms with E-state index in [2.05, 4.69) is 10.2 Å². The molecule has 2 heterocycles. The summed E-state index contributed by atoms with van der Waals surface area (Å²) in [6, 6.07) is 1.69. The van der Waals surface area contributed by atoms with Crippen LogP contribution in [-0.2, 0) is 4.74 Å². The Kier molecular flexibility index (Phi) is 2.50. The molecule has 2 aliphatic heterocycles. The molecule has 2 aliphatic carbocycles. The maximum atomic E-state index is 6.13. The van der Waals surface area contributed by atoms with Crippen LogP contribution in [-0.4, -0.2) is 42.4 Å². The standard InChI is InChI=1S/C14H24N2O/c1-2-11(1)13-5-10-17-14(15-13)6-8-16(9-7-14)12-3-4-12/h11-13,15H,1-10H2. The second-order valence-electron chi connectivity index (χ2n) is 6.49. The molecule has 1 N–H and O–H groups in total. The third-order valence-corrected chi connectivity index (χ3v) is 5.12. The average molecular weight is 236 g/mol. The molecule has 4 rings (SSSR count). The Balaban J connectivity index is 1.38. The number of piperidine rings is 1. The summed E-state index contributed by atoms with van der Waals surface area (Å²) in [4.78, 5) is 2.68. The van der Waals surface area contributed by atoms with Gasteiger partial charge >= 0.3 is 0 Å². The molecular formula is C14H24N2O. The van der Waals surface area contributed by atoms with Gasteiger partial charge in [-0.15, -0.1) is 0 Å². The molecule has 17 heavy (non-hydrogen) atoms. The molecule has 1 unspecified atom stereocenters. The quantitative estimate of drug-likeness (QED) is 0.790. The Morgan fingerprint density at radius 2 is 1.76 bits per heavy atom. The Morgan fingerprint density at radius 3 is 2.41 bits per heavy atom. The Bertz CT molecular complexity index is 291. The third-order valence-electron chi connectivity index (χ3n) is 5.12. The molecule has 2 saturated heterocycles. The van der Waals surface area contributed by atoms with Gasteiger partial charge in [0.2, 0.25) is 0 Å². The van der Waals surface area contributed by atoms with Crippen molar-refractivity contribution in [2.75, 3.05) is 19.7 Å². The fourth-order valence-electron chi connectivity index (χ4n) is 3.66. The normalized spacial score (nSPS) is 38.5. The van der Waals surface area contributed by atoms with E-state index in [-0.39, 0.29) is 5.72 Å². The van der Waals surface area contributed by atoms with E-state index in [1.165, 1.54) is 58.0 Å². The first-order valence-corrected chi connectivity index (χ1v) is 7.50. The minimum atomic E-state index is 0.0525. The maximum Gasteiger partial charge on any atom is 0.121 e. The second kappa shape index (κ2) is 3.94. The molecule has 1 spiro atoms. The molecule has 0 bridgehead atoms. The molecule has 1 atom stereocenters. The van der Waals surface area contributed by atoms with E-state index >= 15 is 0 Å². The fourth-order valence-corrected chi connectivity index (χ4v) is 3.66. The van der Waals surface area contributed by atoms with Crippen molar-refractivity contribution in [3.63, 3.8) is 0 Å². The number of nitrogens with zero attached hydrogens (tertiary/aromatic N) is 1. The minimum absolute atomic E-state index is 0.0525. The van der Waals surface area contributed by atoms with Crippen molar-refractivity contribution in [3.05, 3.63) is 0 Å². The van der Waals surface area contributed by atoms with E-state index in [0.717, 1.165) is 24.6 Å². The van der Waals surface area contributed by atoms with Gasteiger partial charge in [0, 0.05) is 38.0 Å². The number of likely N-dealkylation sites (tertiary alicyclic amines) is 1. The molecule has 96 valence electrons. The van der Waals surface area contributed by atoms with Crippen molar-refractivity contribution in [1.29, 1.82) is 0 Å². The highest BCUT2D eigenvalue weighted by Crippen LogP contribution is 2.40. The van der Waals surface area contributed by atoms with E-state index in [4.69, 9.17) is 4.74 Å². The van der Waals surface area contributed by atoms with E-state index in [0.29, 0.717) is 0 Å². The zero-order valence-corrected chi connectivity index (χ0v) is 10.7. The Hall–Kier alpha value is -0.120. The van der Waals surface area contributed by atoms with Gasteiger partial charge in [-0.25, -0.2) is 0 Å². The van der Waals surface area contributed by atoms with Crippen LogP contribution in [0.5, 0.6) is 0 Å². The zero-order valence-electron chi connectivity index (χ0n) is 10.7. The molecule has 4 fully saturated rings. The van der Waals surface area contributed by atoms with Crippen molar-refractivity contribution >= 4 is 0 Å². The van der Waals surface area contributed by atoms with Gasteiger partial charge in [-0.1, -0.05) is 0 Å². The first kappa shape index (κ1) is 10.8. The van der Waals surface area contributed by atoms with Gasteiger partial charge < -0.3 is 9.64 Å². The molecule has 0 aromatic carbocycles. The van der Waals surface area contributed by atoms with Gasteiger partial charge in [0.05, 0.1) is 6.61 Å². The summed E-state index contributed by atoms with van der Waals surface area (Å²) in [6.07, 6.45) is 9.40. The van der Waals surface area contributed by atoms with E-state index < -0.39 is 0 Å². The Labute approximate surface area is 104 Å². The summed E-state index contributed by atoms with van der Waals surface area (Å²) >= 11 is 0. The predicted molar refractivity (Wildman–Crippen MR) is 66.8 cm³/mol. The van der Waals surface area contributed by atoms with Gasteiger partial charge in [-0.05, 0) is 38.0 Å². The topological polar surface area (TPSA) is 24.5 Å². The number of hydrogen-bond donors (Lipinski definition) is 1. The van der Waals surface area contributed by atoms with Crippen LogP contribution in [0.3, 0.4) is 0 Å². The summed E-state index contributed by atoms with van der Waals surface area (Å²) < 4.78 is 6.13. The number of ether oxygens (including phenoxy) is 1. The fraction of sp³-hybridized carbons (Fsp3) is 1.00. The van der Waals surface area contributed by atoms with Crippen LogP contribution in [0.2, 0.25) is 0 Å². The van der Waals surface area contributed by atoms with Crippen molar-refractivity contribution in [3.8, 4) is 0 Å². The van der Waals surface area contributed by atoms with Crippen molar-refractivity contribution in [1.82, 2.24) is 10.2 Å². The molecule has 0 amide bonds. The lowest BCUT2D eigenvalue weighted by atomic mass is 9.94. The number of hydrogen-bond acceptors (Lipinski definition) is 3. The van der Waals surface area contributed by atoms with E-state index in [9.17, 15) is 0 Å². The van der Waals surface area contributed by atoms with Crippen LogP contribution in [0.4, 0.5) is 0 Å². The molecule has 0 aromatic rings. The highest BCUT2D eigenvalue weighted by Gasteiger charge is 2.45. The molecule has 4 aliphatic rings. The third kappa shape index (κ3) is 2.13. The van der Waals surface area contributed by atoms with Gasteiger partial charge in [-0.3, -0.25) is 5.32 Å². The lowest BCUT2D eigenvalue weighted by molar-refractivity contribution is -0.142. The lowest BCUT2D eigenvalue weighted by Gasteiger charge is -2.47. The number of rotatable bonds is 2. The van der Waals surface area contributed by atoms with Gasteiger partial charge in [-0.2, -0.15) is 0 Å². The maximum absolute atomic E-state index is 6.13. The molecule has 0 radical (unpaired) electrons. The Morgan fingerprint density at radius 1 is 1.00 bits per heavy atom. The molecule has 0 aromatic heterocycles. The molecule has 3 heteroatoms. The largest absolute Gasteiger partial charge is 0.360 e. The molecular weight excluding hydrogens is 212 g/mol. The summed E-state index contributed by atoms with van der Waals surface area (Å²) in [5.41, 5.74) is 0.0525. The first-order valence-electron chi connectivity index (χ1n) is 7.50. The highest BCUT2D eigenvalue weighted by atomic mass is 16.5. The zero-order chi connectivity index (χ0) is 11.3. The SMILES string of the molecule is C1CC(C2CC2)NC2(CCN(C3CC3)CC2)O1. The van der Waals surface area contributed by atoms with Crippen molar-refractivity contribution in [2.45, 2.75) is 62.8 Å². The van der Waals surface area contributed by atoms with Gasteiger partial charge in [0.25, 0.3) is 0 Å². The molecule has 3 nitrogen and oxygen atoms in total. The number of nitrogens with one attached hydrogen (secondary N) is 1. The van der Waals surface area contributed by atoms with Crippen LogP contribution in [0, 0.1) is 5.92 Å². The van der Waals surface area contributed by atoms with E-state index in [1.807, 2.05) is 0 Å². The smallest absolute Gasteiger partial charge is 0.121 e. The average Bonchev–Trinajstić information content (AvgIpc) is 3.22. The highest BCUT2D eigenvalue weighted by molar-refractivity contribution is 4.98. The molecule has 2 saturated carbocycles. The van der Waals surface area contributed by atoms with Crippen LogP contribution in [0.1, 0.15) is 44.9 Å². The first-order chi connectivity index (χ1) is 8.35. The van der Waals surface area contributed by atoms with Crippen LogP contribution < -0.4 is 5.32 Å². The predicted octanol–water partition coefficient (Wildman–Crippen LogP) is 1.73. The van der Waals surface area contributed by atoms with E-state index in [1.54, 1.807) is 0 Å².